The third-order valence-electron chi connectivity index (χ3n) is 4.87. The Labute approximate surface area is 138 Å². The van der Waals surface area contributed by atoms with Crippen LogP contribution in [-0.2, 0) is 4.79 Å². The van der Waals surface area contributed by atoms with Crippen LogP contribution in [0.25, 0.3) is 0 Å². The van der Waals surface area contributed by atoms with Gasteiger partial charge in [-0.25, -0.2) is 4.98 Å². The molecule has 132 valence electrons. The summed E-state index contributed by atoms with van der Waals surface area (Å²) in [4.78, 5) is 16.6. The average Bonchev–Trinajstić information content (AvgIpc) is 2.99. The molecule has 2 heterocycles. The molecule has 1 aliphatic heterocycles. The van der Waals surface area contributed by atoms with Crippen LogP contribution in [0.3, 0.4) is 0 Å². The van der Waals surface area contributed by atoms with Gasteiger partial charge in [0.05, 0.1) is 17.3 Å². The van der Waals surface area contributed by atoms with Crippen molar-refractivity contribution < 1.29 is 22.7 Å². The van der Waals surface area contributed by atoms with Crippen LogP contribution in [0.1, 0.15) is 25.7 Å². The fourth-order valence-electron chi connectivity index (χ4n) is 3.64. The third kappa shape index (κ3) is 3.63. The second-order valence-corrected chi connectivity index (χ2v) is 6.47. The number of carbonyl (C=O) groups is 1. The summed E-state index contributed by atoms with van der Waals surface area (Å²) in [6, 6.07) is 2.83. The second kappa shape index (κ2) is 6.58. The molecule has 0 aromatic carbocycles. The molecular formula is C16H20F3N3O2. The topological polar surface area (TPSA) is 63.2 Å². The highest BCUT2D eigenvalue weighted by Gasteiger charge is 2.49. The van der Waals surface area contributed by atoms with E-state index in [4.69, 9.17) is 0 Å². The largest absolute Gasteiger partial charge is 0.468 e. The van der Waals surface area contributed by atoms with Crippen molar-refractivity contribution >= 4 is 11.6 Å². The molecule has 24 heavy (non-hydrogen) atoms. The minimum absolute atomic E-state index is 0.0389. The minimum atomic E-state index is -4.40. The van der Waals surface area contributed by atoms with Crippen molar-refractivity contribution in [2.75, 3.05) is 25.0 Å². The summed E-state index contributed by atoms with van der Waals surface area (Å²) in [6.07, 6.45) is 1.00. The van der Waals surface area contributed by atoms with Crippen molar-refractivity contribution in [3.8, 4) is 5.88 Å². The number of ether oxygens (including phenoxy) is 1. The zero-order valence-electron chi connectivity index (χ0n) is 13.2. The van der Waals surface area contributed by atoms with E-state index in [1.54, 1.807) is 0 Å². The van der Waals surface area contributed by atoms with Crippen LogP contribution in [-0.4, -0.2) is 36.8 Å². The van der Waals surface area contributed by atoms with Crippen molar-refractivity contribution in [2.24, 2.45) is 11.3 Å². The molecule has 1 saturated carbocycles. The van der Waals surface area contributed by atoms with Crippen LogP contribution in [0.15, 0.2) is 18.3 Å². The van der Waals surface area contributed by atoms with E-state index in [-0.39, 0.29) is 17.2 Å². The Balaban J connectivity index is 1.62. The van der Waals surface area contributed by atoms with E-state index < -0.39 is 12.8 Å². The van der Waals surface area contributed by atoms with Gasteiger partial charge < -0.3 is 15.4 Å². The number of carbonyl (C=O) groups excluding carboxylic acids is 1. The van der Waals surface area contributed by atoms with E-state index in [9.17, 15) is 18.0 Å². The predicted octanol–water partition coefficient (Wildman–Crippen LogP) is 2.74. The Bertz CT molecular complexity index is 591. The molecule has 1 aliphatic carbocycles. The molecule has 2 fully saturated rings. The first-order valence-electron chi connectivity index (χ1n) is 8.07. The molecule has 0 unspecified atom stereocenters. The number of nitrogens with zero attached hydrogens (tertiary/aromatic N) is 1. The number of hydrogen-bond acceptors (Lipinski definition) is 4. The lowest BCUT2D eigenvalue weighted by Crippen LogP contribution is -2.44. The molecular weight excluding hydrogens is 323 g/mol. The van der Waals surface area contributed by atoms with Gasteiger partial charge in [0.15, 0.2) is 6.61 Å². The molecule has 0 spiro atoms. The zero-order chi connectivity index (χ0) is 17.2. The normalized spacial score (nSPS) is 26.7. The van der Waals surface area contributed by atoms with Crippen LogP contribution in [0.4, 0.5) is 18.9 Å². The molecule has 1 aromatic rings. The summed E-state index contributed by atoms with van der Waals surface area (Å²) in [5.41, 5.74) is 0.0777. The number of aromatic nitrogens is 1. The zero-order valence-corrected chi connectivity index (χ0v) is 13.2. The summed E-state index contributed by atoms with van der Waals surface area (Å²) < 4.78 is 40.9. The van der Waals surface area contributed by atoms with Gasteiger partial charge in [0.25, 0.3) is 0 Å². The number of alkyl halides is 3. The monoisotopic (exact) mass is 343 g/mol. The van der Waals surface area contributed by atoms with E-state index in [2.05, 4.69) is 20.4 Å². The van der Waals surface area contributed by atoms with Crippen molar-refractivity contribution in [3.63, 3.8) is 0 Å². The quantitative estimate of drug-likeness (QED) is 0.882. The SMILES string of the molecule is O=C(Nc1ccc(OCC(F)(F)F)nc1)[C@@]12CCCC[C@H]1CNC2. The highest BCUT2D eigenvalue weighted by atomic mass is 19.4. The fourth-order valence-corrected chi connectivity index (χ4v) is 3.64. The van der Waals surface area contributed by atoms with Crippen LogP contribution in [0.2, 0.25) is 0 Å². The maximum Gasteiger partial charge on any atom is 0.422 e. The highest BCUT2D eigenvalue weighted by molar-refractivity contribution is 5.96. The van der Waals surface area contributed by atoms with Gasteiger partial charge in [0.2, 0.25) is 11.8 Å². The van der Waals surface area contributed by atoms with E-state index in [0.717, 1.165) is 32.2 Å². The molecule has 2 aliphatic rings. The minimum Gasteiger partial charge on any atom is -0.468 e. The lowest BCUT2D eigenvalue weighted by atomic mass is 9.67. The van der Waals surface area contributed by atoms with Gasteiger partial charge in [0.1, 0.15) is 0 Å². The first kappa shape index (κ1) is 17.0. The predicted molar refractivity (Wildman–Crippen MR) is 81.7 cm³/mol. The van der Waals surface area contributed by atoms with Gasteiger partial charge >= 0.3 is 6.18 Å². The van der Waals surface area contributed by atoms with Gasteiger partial charge in [-0.05, 0) is 31.4 Å². The molecule has 1 aromatic heterocycles. The number of hydrogen-bond donors (Lipinski definition) is 2. The lowest BCUT2D eigenvalue weighted by molar-refractivity contribution is -0.154. The Morgan fingerprint density at radius 1 is 1.42 bits per heavy atom. The van der Waals surface area contributed by atoms with E-state index in [1.165, 1.54) is 18.3 Å². The maximum atomic E-state index is 12.8. The Morgan fingerprint density at radius 3 is 2.96 bits per heavy atom. The van der Waals surface area contributed by atoms with Gasteiger partial charge in [0, 0.05) is 12.6 Å². The molecule has 0 radical (unpaired) electrons. The number of amides is 1. The molecule has 2 atom stereocenters. The molecule has 1 saturated heterocycles. The third-order valence-corrected chi connectivity index (χ3v) is 4.87. The number of anilines is 1. The highest BCUT2D eigenvalue weighted by Crippen LogP contribution is 2.44. The second-order valence-electron chi connectivity index (χ2n) is 6.47. The Kier molecular flexibility index (Phi) is 4.67. The number of fused-ring (bicyclic) bond motifs is 1. The molecule has 0 bridgehead atoms. The van der Waals surface area contributed by atoms with Crippen molar-refractivity contribution in [1.29, 1.82) is 0 Å². The van der Waals surface area contributed by atoms with Gasteiger partial charge in [-0.2, -0.15) is 13.2 Å². The smallest absolute Gasteiger partial charge is 0.422 e. The van der Waals surface area contributed by atoms with Crippen LogP contribution in [0, 0.1) is 11.3 Å². The fraction of sp³-hybridized carbons (Fsp3) is 0.625. The standard InChI is InChI=1S/C16H20F3N3O2/c17-16(18,19)10-24-13-5-4-12(8-21-13)22-14(23)15-6-2-1-3-11(15)7-20-9-15/h4-5,8,11,20H,1-3,6-7,9-10H2,(H,22,23)/t11-,15+/m0/s1. The summed E-state index contributed by atoms with van der Waals surface area (Å²) in [5.74, 6) is 0.179. The molecule has 2 N–H and O–H groups in total. The van der Waals surface area contributed by atoms with Gasteiger partial charge in [-0.3, -0.25) is 4.79 Å². The Hall–Kier alpha value is -1.83. The van der Waals surface area contributed by atoms with Crippen molar-refractivity contribution in [3.05, 3.63) is 18.3 Å². The Morgan fingerprint density at radius 2 is 2.25 bits per heavy atom. The maximum absolute atomic E-state index is 12.8. The molecule has 1 amide bonds. The number of rotatable bonds is 4. The molecule has 5 nitrogen and oxygen atoms in total. The summed E-state index contributed by atoms with van der Waals surface area (Å²) in [5, 5.41) is 6.16. The molecule has 8 heteroatoms. The van der Waals surface area contributed by atoms with E-state index in [1.807, 2.05) is 0 Å². The van der Waals surface area contributed by atoms with Gasteiger partial charge in [-0.1, -0.05) is 12.8 Å². The van der Waals surface area contributed by atoms with Gasteiger partial charge in [-0.15, -0.1) is 0 Å². The van der Waals surface area contributed by atoms with Crippen molar-refractivity contribution in [2.45, 2.75) is 31.9 Å². The molecule has 3 rings (SSSR count). The van der Waals surface area contributed by atoms with Crippen LogP contribution < -0.4 is 15.4 Å². The number of halogens is 3. The average molecular weight is 343 g/mol. The van der Waals surface area contributed by atoms with E-state index in [0.29, 0.717) is 18.2 Å². The van der Waals surface area contributed by atoms with Crippen LogP contribution in [0.5, 0.6) is 5.88 Å². The van der Waals surface area contributed by atoms with Crippen molar-refractivity contribution in [1.82, 2.24) is 10.3 Å². The van der Waals surface area contributed by atoms with E-state index >= 15 is 0 Å². The summed E-state index contributed by atoms with van der Waals surface area (Å²) in [7, 11) is 0. The van der Waals surface area contributed by atoms with Crippen LogP contribution >= 0.6 is 0 Å². The number of nitrogens with one attached hydrogen (secondary N) is 2. The first-order valence-corrected chi connectivity index (χ1v) is 8.07. The number of pyridine rings is 1. The lowest BCUT2D eigenvalue weighted by Gasteiger charge is -2.37. The summed E-state index contributed by atoms with van der Waals surface area (Å²) >= 11 is 0. The summed E-state index contributed by atoms with van der Waals surface area (Å²) in [6.45, 7) is 0.141. The first-order chi connectivity index (χ1) is 11.4.